The smallest absolute Gasteiger partial charge is 0.260 e. The van der Waals surface area contributed by atoms with E-state index in [9.17, 15) is 13.2 Å². The number of thiazole rings is 1. The average Bonchev–Trinajstić information content (AvgIpc) is 3.39. The van der Waals surface area contributed by atoms with E-state index in [0.717, 1.165) is 29.3 Å². The summed E-state index contributed by atoms with van der Waals surface area (Å²) in [5, 5.41) is 0.575. The van der Waals surface area contributed by atoms with Gasteiger partial charge in [-0.15, -0.1) is 0 Å². The topological polar surface area (TPSA) is 85.8 Å². The first-order valence-corrected chi connectivity index (χ1v) is 12.2. The van der Waals surface area contributed by atoms with Gasteiger partial charge in [0.2, 0.25) is 0 Å². The molecule has 1 amide bonds. The highest BCUT2D eigenvalue weighted by Gasteiger charge is 2.27. The molecule has 1 aliphatic rings. The average molecular weight is 447 g/mol. The highest BCUT2D eigenvalue weighted by Crippen LogP contribution is 2.33. The molecule has 1 saturated heterocycles. The predicted octanol–water partition coefficient (Wildman–Crippen LogP) is 3.53. The lowest BCUT2D eigenvalue weighted by atomic mass is 10.2. The maximum atomic E-state index is 13.4. The van der Waals surface area contributed by atoms with E-state index in [1.807, 2.05) is 18.2 Å². The van der Waals surface area contributed by atoms with E-state index in [1.165, 1.54) is 35.6 Å². The zero-order valence-electron chi connectivity index (χ0n) is 16.7. The minimum absolute atomic E-state index is 0.0502. The van der Waals surface area contributed by atoms with Gasteiger partial charge in [0.05, 0.1) is 34.9 Å². The molecule has 1 unspecified atom stereocenters. The summed E-state index contributed by atoms with van der Waals surface area (Å²) in [6.07, 6.45) is 2.94. The zero-order valence-corrected chi connectivity index (χ0v) is 18.3. The molecule has 0 aliphatic carbocycles. The fourth-order valence-corrected chi connectivity index (χ4v) is 4.96. The summed E-state index contributed by atoms with van der Waals surface area (Å²) < 4.78 is 35.4. The van der Waals surface area contributed by atoms with Crippen LogP contribution < -0.4 is 9.64 Å². The van der Waals surface area contributed by atoms with Crippen LogP contribution in [0.5, 0.6) is 5.75 Å². The van der Waals surface area contributed by atoms with Gasteiger partial charge in [0.15, 0.2) is 15.0 Å². The van der Waals surface area contributed by atoms with Crippen LogP contribution >= 0.6 is 11.3 Å². The number of fused-ring (bicyclic) bond motifs is 1. The number of rotatable bonds is 6. The molecule has 2 heterocycles. The highest BCUT2D eigenvalue weighted by molar-refractivity contribution is 7.90. The van der Waals surface area contributed by atoms with Crippen molar-refractivity contribution >= 4 is 42.4 Å². The monoisotopic (exact) mass is 446 g/mol. The van der Waals surface area contributed by atoms with E-state index in [4.69, 9.17) is 9.47 Å². The molecule has 2 aromatic carbocycles. The number of benzene rings is 2. The molecule has 0 bridgehead atoms. The second-order valence-corrected chi connectivity index (χ2v) is 10.2. The van der Waals surface area contributed by atoms with Gasteiger partial charge in [0.1, 0.15) is 5.75 Å². The second kappa shape index (κ2) is 8.33. The molecular weight excluding hydrogens is 424 g/mol. The highest BCUT2D eigenvalue weighted by atomic mass is 32.2. The van der Waals surface area contributed by atoms with E-state index in [2.05, 4.69) is 4.98 Å². The summed E-state index contributed by atoms with van der Waals surface area (Å²) in [4.78, 5) is 19.8. The number of hydrogen-bond acceptors (Lipinski definition) is 7. The van der Waals surface area contributed by atoms with Crippen LogP contribution in [0.3, 0.4) is 0 Å². The number of methoxy groups -OCH3 is 1. The van der Waals surface area contributed by atoms with Crippen LogP contribution in [-0.4, -0.2) is 51.9 Å². The standard InChI is InChI=1S/C21H22N2O5S2/c1-27-15-7-10-19-18(12-15)22-21(29-19)23(13-16-4-3-11-28-16)20(24)14-5-8-17(9-6-14)30(2,25)26/h5-10,12,16H,3-4,11,13H2,1-2H3. The number of amides is 1. The van der Waals surface area contributed by atoms with E-state index < -0.39 is 9.84 Å². The van der Waals surface area contributed by atoms with Crippen LogP contribution in [0.2, 0.25) is 0 Å². The number of aromatic nitrogens is 1. The van der Waals surface area contributed by atoms with Gasteiger partial charge >= 0.3 is 0 Å². The van der Waals surface area contributed by atoms with E-state index in [-0.39, 0.29) is 16.9 Å². The summed E-state index contributed by atoms with van der Waals surface area (Å²) in [7, 11) is -1.73. The van der Waals surface area contributed by atoms with Gasteiger partial charge < -0.3 is 9.47 Å². The van der Waals surface area contributed by atoms with Gasteiger partial charge in [0.25, 0.3) is 5.91 Å². The van der Waals surface area contributed by atoms with Crippen LogP contribution in [0.4, 0.5) is 5.13 Å². The molecule has 30 heavy (non-hydrogen) atoms. The third-order valence-corrected chi connectivity index (χ3v) is 7.19. The molecule has 1 aromatic heterocycles. The van der Waals surface area contributed by atoms with Crippen LogP contribution in [0.1, 0.15) is 23.2 Å². The van der Waals surface area contributed by atoms with Gasteiger partial charge in [0, 0.05) is 24.5 Å². The van der Waals surface area contributed by atoms with Crippen LogP contribution in [0, 0.1) is 0 Å². The summed E-state index contributed by atoms with van der Waals surface area (Å²) in [6, 6.07) is 11.6. The van der Waals surface area contributed by atoms with Crippen molar-refractivity contribution in [2.24, 2.45) is 0 Å². The lowest BCUT2D eigenvalue weighted by Gasteiger charge is -2.23. The quantitative estimate of drug-likeness (QED) is 0.576. The predicted molar refractivity (Wildman–Crippen MR) is 116 cm³/mol. The number of ether oxygens (including phenoxy) is 2. The maximum absolute atomic E-state index is 13.4. The molecule has 0 radical (unpaired) electrons. The first-order valence-electron chi connectivity index (χ1n) is 9.53. The fraction of sp³-hybridized carbons (Fsp3) is 0.333. The Bertz CT molecular complexity index is 1170. The van der Waals surface area contributed by atoms with E-state index in [1.54, 1.807) is 12.0 Å². The van der Waals surface area contributed by atoms with Crippen molar-refractivity contribution in [2.45, 2.75) is 23.8 Å². The molecule has 1 atom stereocenters. The van der Waals surface area contributed by atoms with Crippen molar-refractivity contribution in [3.8, 4) is 5.75 Å². The molecule has 0 N–H and O–H groups in total. The SMILES string of the molecule is COc1ccc2sc(N(CC3CCCO3)C(=O)c3ccc(S(C)(=O)=O)cc3)nc2c1. The molecule has 4 rings (SSSR count). The summed E-state index contributed by atoms with van der Waals surface area (Å²) in [6.45, 7) is 1.08. The first kappa shape index (κ1) is 20.8. The van der Waals surface area contributed by atoms with Crippen molar-refractivity contribution in [2.75, 3.05) is 31.4 Å². The largest absolute Gasteiger partial charge is 0.497 e. The Morgan fingerprint density at radius 3 is 2.67 bits per heavy atom. The molecule has 1 fully saturated rings. The Morgan fingerprint density at radius 1 is 1.27 bits per heavy atom. The lowest BCUT2D eigenvalue weighted by molar-refractivity contribution is 0.0917. The van der Waals surface area contributed by atoms with E-state index in [0.29, 0.717) is 29.6 Å². The molecular formula is C21H22N2O5S2. The number of sulfone groups is 1. The summed E-state index contributed by atoms with van der Waals surface area (Å²) >= 11 is 1.43. The van der Waals surface area contributed by atoms with Gasteiger partial charge in [-0.1, -0.05) is 11.3 Å². The molecule has 0 spiro atoms. The van der Waals surface area contributed by atoms with Crippen molar-refractivity contribution < 1.29 is 22.7 Å². The minimum Gasteiger partial charge on any atom is -0.497 e. The Balaban J connectivity index is 1.69. The molecule has 0 saturated carbocycles. The molecule has 1 aliphatic heterocycles. The molecule has 3 aromatic rings. The van der Waals surface area contributed by atoms with Crippen LogP contribution in [0.15, 0.2) is 47.4 Å². The first-order chi connectivity index (χ1) is 14.3. The zero-order chi connectivity index (χ0) is 21.3. The second-order valence-electron chi connectivity index (χ2n) is 7.18. The minimum atomic E-state index is -3.33. The maximum Gasteiger partial charge on any atom is 0.260 e. The molecule has 9 heteroatoms. The van der Waals surface area contributed by atoms with Crippen molar-refractivity contribution in [1.29, 1.82) is 0 Å². The van der Waals surface area contributed by atoms with E-state index >= 15 is 0 Å². The Morgan fingerprint density at radius 2 is 2.03 bits per heavy atom. The van der Waals surface area contributed by atoms with Crippen molar-refractivity contribution in [1.82, 2.24) is 4.98 Å². The lowest BCUT2D eigenvalue weighted by Crippen LogP contribution is -2.37. The van der Waals surface area contributed by atoms with Crippen molar-refractivity contribution in [3.05, 3.63) is 48.0 Å². The van der Waals surface area contributed by atoms with Gasteiger partial charge in [-0.3, -0.25) is 9.69 Å². The fourth-order valence-electron chi connectivity index (χ4n) is 3.38. The number of hydrogen-bond donors (Lipinski definition) is 0. The molecule has 158 valence electrons. The van der Waals surface area contributed by atoms with Crippen LogP contribution in [0.25, 0.3) is 10.2 Å². The number of anilines is 1. The van der Waals surface area contributed by atoms with Crippen LogP contribution in [-0.2, 0) is 14.6 Å². The summed E-state index contributed by atoms with van der Waals surface area (Å²) in [5.74, 6) is 0.462. The Kier molecular flexibility index (Phi) is 5.77. The summed E-state index contributed by atoms with van der Waals surface area (Å²) in [5.41, 5.74) is 1.16. The number of carbonyl (C=O) groups excluding carboxylic acids is 1. The number of carbonyl (C=O) groups is 1. The van der Waals surface area contributed by atoms with Gasteiger partial charge in [-0.25, -0.2) is 13.4 Å². The van der Waals surface area contributed by atoms with Crippen molar-refractivity contribution in [3.63, 3.8) is 0 Å². The van der Waals surface area contributed by atoms with Gasteiger partial charge in [-0.2, -0.15) is 0 Å². The van der Waals surface area contributed by atoms with Gasteiger partial charge in [-0.05, 0) is 49.2 Å². The normalized spacial score (nSPS) is 16.7. The third kappa shape index (κ3) is 4.33. The molecule has 7 nitrogen and oxygen atoms in total. The third-order valence-electron chi connectivity index (χ3n) is 5.00. The number of nitrogens with zero attached hydrogens (tertiary/aromatic N) is 2. The Labute approximate surface area is 179 Å². The Hall–Kier alpha value is -2.49.